The van der Waals surface area contributed by atoms with Gasteiger partial charge in [-0.25, -0.2) is 0 Å². The van der Waals surface area contributed by atoms with Gasteiger partial charge in [-0.3, -0.25) is 10.1 Å². The standard InChI is InChI=1S/C17H27N3O/c1-13(2)15-17(21)20(12-8-11-19(3)4)16(18-15)14-9-6-5-7-10-14/h5-7,9-10,13,15-16,18H,8,11-12H2,1-4H3. The zero-order chi connectivity index (χ0) is 15.4. The lowest BCUT2D eigenvalue weighted by molar-refractivity contribution is -0.130. The van der Waals surface area contributed by atoms with Gasteiger partial charge in [0.2, 0.25) is 5.91 Å². The third kappa shape index (κ3) is 3.83. The van der Waals surface area contributed by atoms with Gasteiger partial charge in [-0.1, -0.05) is 44.2 Å². The zero-order valence-corrected chi connectivity index (χ0v) is 13.5. The highest BCUT2D eigenvalue weighted by atomic mass is 16.2. The zero-order valence-electron chi connectivity index (χ0n) is 13.5. The number of carbonyl (C=O) groups excluding carboxylic acids is 1. The second kappa shape index (κ2) is 7.05. The largest absolute Gasteiger partial charge is 0.322 e. The number of benzene rings is 1. The average molecular weight is 289 g/mol. The minimum Gasteiger partial charge on any atom is -0.322 e. The topological polar surface area (TPSA) is 35.6 Å². The van der Waals surface area contributed by atoms with Gasteiger partial charge in [-0.05, 0) is 38.5 Å². The Morgan fingerprint density at radius 1 is 1.24 bits per heavy atom. The van der Waals surface area contributed by atoms with Crippen molar-refractivity contribution < 1.29 is 4.79 Å². The van der Waals surface area contributed by atoms with Crippen LogP contribution in [0.25, 0.3) is 0 Å². The van der Waals surface area contributed by atoms with Gasteiger partial charge in [0.05, 0.1) is 6.04 Å². The maximum Gasteiger partial charge on any atom is 0.241 e. The van der Waals surface area contributed by atoms with E-state index in [2.05, 4.69) is 50.3 Å². The molecule has 2 rings (SSSR count). The van der Waals surface area contributed by atoms with E-state index in [-0.39, 0.29) is 18.1 Å². The minimum absolute atomic E-state index is 0.00765. The second-order valence-electron chi connectivity index (χ2n) is 6.39. The van der Waals surface area contributed by atoms with E-state index < -0.39 is 0 Å². The van der Waals surface area contributed by atoms with Gasteiger partial charge < -0.3 is 9.80 Å². The molecule has 1 aromatic carbocycles. The highest BCUT2D eigenvalue weighted by molar-refractivity contribution is 5.84. The molecular weight excluding hydrogens is 262 g/mol. The van der Waals surface area contributed by atoms with Crippen LogP contribution in [0.15, 0.2) is 30.3 Å². The Labute approximate surface area is 128 Å². The Morgan fingerprint density at radius 2 is 1.90 bits per heavy atom. The number of hydrogen-bond acceptors (Lipinski definition) is 3. The molecule has 4 nitrogen and oxygen atoms in total. The predicted octanol–water partition coefficient (Wildman–Crippen LogP) is 2.09. The van der Waals surface area contributed by atoms with Crippen molar-refractivity contribution >= 4 is 5.91 Å². The average Bonchev–Trinajstić information content (AvgIpc) is 2.77. The van der Waals surface area contributed by atoms with Crippen LogP contribution >= 0.6 is 0 Å². The van der Waals surface area contributed by atoms with Crippen LogP contribution in [0.3, 0.4) is 0 Å². The van der Waals surface area contributed by atoms with Gasteiger partial charge in [0.1, 0.15) is 6.17 Å². The molecule has 0 radical (unpaired) electrons. The molecule has 1 aromatic rings. The summed E-state index contributed by atoms with van der Waals surface area (Å²) in [5.74, 6) is 0.542. The second-order valence-corrected chi connectivity index (χ2v) is 6.39. The van der Waals surface area contributed by atoms with Crippen LogP contribution in [0.1, 0.15) is 32.0 Å². The number of amides is 1. The van der Waals surface area contributed by atoms with Crippen LogP contribution in [0, 0.1) is 5.92 Å². The third-order valence-electron chi connectivity index (χ3n) is 3.98. The van der Waals surface area contributed by atoms with Crippen molar-refractivity contribution in [1.29, 1.82) is 0 Å². The van der Waals surface area contributed by atoms with E-state index in [9.17, 15) is 4.79 Å². The lowest BCUT2D eigenvalue weighted by Crippen LogP contribution is -2.35. The molecule has 1 aliphatic rings. The molecule has 1 amide bonds. The van der Waals surface area contributed by atoms with E-state index in [0.29, 0.717) is 5.92 Å². The third-order valence-corrected chi connectivity index (χ3v) is 3.98. The Hall–Kier alpha value is -1.39. The van der Waals surface area contributed by atoms with Crippen LogP contribution in [0.2, 0.25) is 0 Å². The summed E-state index contributed by atoms with van der Waals surface area (Å²) < 4.78 is 0. The summed E-state index contributed by atoms with van der Waals surface area (Å²) in [5, 5.41) is 3.51. The van der Waals surface area contributed by atoms with E-state index in [1.54, 1.807) is 0 Å². The molecule has 2 atom stereocenters. The van der Waals surface area contributed by atoms with Gasteiger partial charge in [0.15, 0.2) is 0 Å². The first-order valence-corrected chi connectivity index (χ1v) is 7.77. The molecule has 4 heteroatoms. The van der Waals surface area contributed by atoms with Crippen LogP contribution in [-0.2, 0) is 4.79 Å². The molecule has 21 heavy (non-hydrogen) atoms. The first kappa shape index (κ1) is 16.0. The summed E-state index contributed by atoms with van der Waals surface area (Å²) in [7, 11) is 4.13. The summed E-state index contributed by atoms with van der Waals surface area (Å²) in [5.41, 5.74) is 1.17. The van der Waals surface area contributed by atoms with Gasteiger partial charge in [-0.2, -0.15) is 0 Å². The Morgan fingerprint density at radius 3 is 2.48 bits per heavy atom. The van der Waals surface area contributed by atoms with Crippen LogP contribution in [0.5, 0.6) is 0 Å². The molecule has 0 aromatic heterocycles. The maximum absolute atomic E-state index is 12.7. The number of rotatable bonds is 6. The first-order valence-electron chi connectivity index (χ1n) is 7.77. The fourth-order valence-electron chi connectivity index (χ4n) is 2.82. The molecule has 1 aliphatic heterocycles. The molecule has 0 aliphatic carbocycles. The fourth-order valence-corrected chi connectivity index (χ4v) is 2.82. The number of nitrogens with zero attached hydrogens (tertiary/aromatic N) is 2. The van der Waals surface area contributed by atoms with Gasteiger partial charge >= 0.3 is 0 Å². The van der Waals surface area contributed by atoms with Gasteiger partial charge in [-0.15, -0.1) is 0 Å². The van der Waals surface area contributed by atoms with Crippen molar-refractivity contribution in [1.82, 2.24) is 15.1 Å². The molecule has 1 fully saturated rings. The Kier molecular flexibility index (Phi) is 5.37. The maximum atomic E-state index is 12.7. The molecule has 0 bridgehead atoms. The molecule has 1 N–H and O–H groups in total. The number of hydrogen-bond donors (Lipinski definition) is 1. The van der Waals surface area contributed by atoms with E-state index >= 15 is 0 Å². The van der Waals surface area contributed by atoms with Crippen LogP contribution in [0.4, 0.5) is 0 Å². The first-order chi connectivity index (χ1) is 10.0. The van der Waals surface area contributed by atoms with E-state index in [4.69, 9.17) is 0 Å². The Bertz CT molecular complexity index is 458. The minimum atomic E-state index is -0.0745. The highest BCUT2D eigenvalue weighted by Gasteiger charge is 2.40. The summed E-state index contributed by atoms with van der Waals surface area (Å²) in [4.78, 5) is 16.8. The predicted molar refractivity (Wildman–Crippen MR) is 85.8 cm³/mol. The van der Waals surface area contributed by atoms with E-state index in [1.165, 1.54) is 5.56 Å². The van der Waals surface area contributed by atoms with Crippen LogP contribution in [-0.4, -0.2) is 48.9 Å². The summed E-state index contributed by atoms with van der Waals surface area (Å²) in [6, 6.07) is 10.2. The lowest BCUT2D eigenvalue weighted by atomic mass is 10.1. The van der Waals surface area contributed by atoms with Crippen molar-refractivity contribution in [2.75, 3.05) is 27.2 Å². The van der Waals surface area contributed by atoms with Gasteiger partial charge in [0, 0.05) is 6.54 Å². The Balaban J connectivity index is 2.13. The fraction of sp³-hybridized carbons (Fsp3) is 0.588. The van der Waals surface area contributed by atoms with E-state index in [0.717, 1.165) is 19.5 Å². The number of carbonyl (C=O) groups is 1. The molecule has 0 saturated carbocycles. The van der Waals surface area contributed by atoms with Crippen LogP contribution < -0.4 is 5.32 Å². The summed E-state index contributed by atoms with van der Waals surface area (Å²) in [6.07, 6.45) is 1.00. The summed E-state index contributed by atoms with van der Waals surface area (Å²) >= 11 is 0. The van der Waals surface area contributed by atoms with Crippen molar-refractivity contribution in [3.05, 3.63) is 35.9 Å². The molecule has 1 saturated heterocycles. The lowest BCUT2D eigenvalue weighted by Gasteiger charge is -2.25. The molecule has 0 spiro atoms. The summed E-state index contributed by atoms with van der Waals surface area (Å²) in [6.45, 7) is 5.99. The number of nitrogens with one attached hydrogen (secondary N) is 1. The SMILES string of the molecule is CC(C)C1NC(c2ccccc2)N(CCCN(C)C)C1=O. The van der Waals surface area contributed by atoms with Gasteiger partial charge in [0.25, 0.3) is 0 Å². The van der Waals surface area contributed by atoms with Crippen molar-refractivity contribution in [3.8, 4) is 0 Å². The normalized spacial score (nSPS) is 22.6. The smallest absolute Gasteiger partial charge is 0.241 e. The quantitative estimate of drug-likeness (QED) is 0.871. The molecule has 1 heterocycles. The van der Waals surface area contributed by atoms with Crippen molar-refractivity contribution in [3.63, 3.8) is 0 Å². The van der Waals surface area contributed by atoms with E-state index in [1.807, 2.05) is 23.1 Å². The van der Waals surface area contributed by atoms with Crippen molar-refractivity contribution in [2.45, 2.75) is 32.5 Å². The highest BCUT2D eigenvalue weighted by Crippen LogP contribution is 2.28. The molecule has 116 valence electrons. The van der Waals surface area contributed by atoms with Crippen molar-refractivity contribution in [2.24, 2.45) is 5.92 Å². The molecular formula is C17H27N3O. The monoisotopic (exact) mass is 289 g/mol. The molecule has 2 unspecified atom stereocenters.